The van der Waals surface area contributed by atoms with Gasteiger partial charge in [-0.15, -0.1) is 0 Å². The van der Waals surface area contributed by atoms with Crippen LogP contribution in [0, 0.1) is 11.3 Å². The van der Waals surface area contributed by atoms with E-state index in [0.29, 0.717) is 18.5 Å². The molecule has 0 bridgehead atoms. The van der Waals surface area contributed by atoms with Crippen LogP contribution in [0.3, 0.4) is 0 Å². The van der Waals surface area contributed by atoms with E-state index in [1.54, 1.807) is 6.07 Å². The molecule has 0 saturated carbocycles. The first kappa shape index (κ1) is 16.3. The van der Waals surface area contributed by atoms with Gasteiger partial charge in [-0.2, -0.15) is 18.4 Å². The molecule has 0 aliphatic rings. The molecular weight excluding hydrogens is 269 g/mol. The van der Waals surface area contributed by atoms with Crippen molar-refractivity contribution in [3.8, 4) is 6.07 Å². The molecule has 0 saturated heterocycles. The highest BCUT2D eigenvalue weighted by Gasteiger charge is 2.33. The number of halogens is 3. The number of benzene rings is 1. The molecule has 110 valence electrons. The highest BCUT2D eigenvalue weighted by atomic mass is 19.4. The van der Waals surface area contributed by atoms with Crippen LogP contribution in [0.5, 0.6) is 0 Å². The highest BCUT2D eigenvalue weighted by Crippen LogP contribution is 2.33. The summed E-state index contributed by atoms with van der Waals surface area (Å²) >= 11 is 0. The second-order valence-electron chi connectivity index (χ2n) is 4.65. The molecule has 0 unspecified atom stereocenters. The van der Waals surface area contributed by atoms with E-state index in [4.69, 9.17) is 5.26 Å². The standard InChI is InChI=1S/C14H17F3N2O/c1-3-13(20,4-2)9-19-11-5-6-12(14(15,16)17)10(7-11)8-18/h5-7,19-20H,3-4,9H2,1-2H3. The van der Waals surface area contributed by atoms with Gasteiger partial charge >= 0.3 is 6.18 Å². The maximum atomic E-state index is 12.6. The van der Waals surface area contributed by atoms with E-state index >= 15 is 0 Å². The number of alkyl halides is 3. The van der Waals surface area contributed by atoms with E-state index in [2.05, 4.69) is 5.32 Å². The Morgan fingerprint density at radius 1 is 1.25 bits per heavy atom. The Kier molecular flexibility index (Phi) is 5.01. The van der Waals surface area contributed by atoms with Crippen molar-refractivity contribution in [3.63, 3.8) is 0 Å². The lowest BCUT2D eigenvalue weighted by atomic mass is 9.97. The monoisotopic (exact) mass is 286 g/mol. The fraction of sp³-hybridized carbons (Fsp3) is 0.500. The van der Waals surface area contributed by atoms with Crippen LogP contribution in [0.4, 0.5) is 18.9 Å². The van der Waals surface area contributed by atoms with Gasteiger partial charge in [-0.3, -0.25) is 0 Å². The highest BCUT2D eigenvalue weighted by molar-refractivity contribution is 5.53. The van der Waals surface area contributed by atoms with Gasteiger partial charge in [0, 0.05) is 12.2 Å². The fourth-order valence-corrected chi connectivity index (χ4v) is 1.76. The molecule has 0 atom stereocenters. The maximum Gasteiger partial charge on any atom is 0.417 e. The molecule has 1 aromatic rings. The summed E-state index contributed by atoms with van der Waals surface area (Å²) in [5.41, 5.74) is -1.91. The van der Waals surface area contributed by atoms with Crippen molar-refractivity contribution < 1.29 is 18.3 Å². The number of hydrogen-bond donors (Lipinski definition) is 2. The maximum absolute atomic E-state index is 12.6. The molecule has 1 aromatic carbocycles. The van der Waals surface area contributed by atoms with Gasteiger partial charge in [0.25, 0.3) is 0 Å². The molecule has 3 nitrogen and oxygen atoms in total. The molecule has 2 N–H and O–H groups in total. The van der Waals surface area contributed by atoms with Crippen molar-refractivity contribution in [3.05, 3.63) is 29.3 Å². The molecule has 6 heteroatoms. The first-order chi connectivity index (χ1) is 9.25. The average Bonchev–Trinajstić information content (AvgIpc) is 2.43. The third kappa shape index (κ3) is 3.87. The summed E-state index contributed by atoms with van der Waals surface area (Å²) in [5.74, 6) is 0. The van der Waals surface area contributed by atoms with Crippen LogP contribution < -0.4 is 5.32 Å². The number of nitrogens with zero attached hydrogens (tertiary/aromatic N) is 1. The van der Waals surface area contributed by atoms with Crippen LogP contribution in [-0.4, -0.2) is 17.3 Å². The van der Waals surface area contributed by atoms with Crippen molar-refractivity contribution in [1.29, 1.82) is 5.26 Å². The van der Waals surface area contributed by atoms with Gasteiger partial charge in [0.2, 0.25) is 0 Å². The summed E-state index contributed by atoms with van der Waals surface area (Å²) in [6.07, 6.45) is -3.48. The molecule has 1 rings (SSSR count). The molecule has 0 heterocycles. The summed E-state index contributed by atoms with van der Waals surface area (Å²) in [6.45, 7) is 3.88. The van der Waals surface area contributed by atoms with Crippen molar-refractivity contribution in [1.82, 2.24) is 0 Å². The lowest BCUT2D eigenvalue weighted by Gasteiger charge is -2.26. The first-order valence-electron chi connectivity index (χ1n) is 6.33. The van der Waals surface area contributed by atoms with Crippen LogP contribution in [0.15, 0.2) is 18.2 Å². The third-order valence-electron chi connectivity index (χ3n) is 3.38. The van der Waals surface area contributed by atoms with Crippen LogP contribution in [0.1, 0.15) is 37.8 Å². The van der Waals surface area contributed by atoms with Crippen molar-refractivity contribution >= 4 is 5.69 Å². The van der Waals surface area contributed by atoms with Crippen LogP contribution >= 0.6 is 0 Å². The number of rotatable bonds is 5. The van der Waals surface area contributed by atoms with Gasteiger partial charge in [-0.05, 0) is 31.0 Å². The number of anilines is 1. The Balaban J connectivity index is 2.93. The van der Waals surface area contributed by atoms with E-state index in [9.17, 15) is 18.3 Å². The Hall–Kier alpha value is -1.74. The topological polar surface area (TPSA) is 56.0 Å². The molecule has 20 heavy (non-hydrogen) atoms. The minimum Gasteiger partial charge on any atom is -0.388 e. The Bertz CT molecular complexity index is 502. The van der Waals surface area contributed by atoms with Crippen molar-refractivity contribution in [2.45, 2.75) is 38.5 Å². The van der Waals surface area contributed by atoms with E-state index in [1.807, 2.05) is 13.8 Å². The largest absolute Gasteiger partial charge is 0.417 e. The van der Waals surface area contributed by atoms with E-state index in [-0.39, 0.29) is 6.54 Å². The second kappa shape index (κ2) is 6.14. The zero-order valence-electron chi connectivity index (χ0n) is 11.4. The van der Waals surface area contributed by atoms with Crippen LogP contribution in [0.25, 0.3) is 0 Å². The Morgan fingerprint density at radius 2 is 1.85 bits per heavy atom. The van der Waals surface area contributed by atoms with E-state index in [1.165, 1.54) is 6.07 Å². The number of nitrogens with one attached hydrogen (secondary N) is 1. The van der Waals surface area contributed by atoms with E-state index in [0.717, 1.165) is 12.1 Å². The number of aliphatic hydroxyl groups is 1. The molecule has 0 amide bonds. The Morgan fingerprint density at radius 3 is 2.30 bits per heavy atom. The molecule has 0 spiro atoms. The summed E-state index contributed by atoms with van der Waals surface area (Å²) < 4.78 is 37.9. The van der Waals surface area contributed by atoms with E-state index < -0.39 is 22.9 Å². The minimum absolute atomic E-state index is 0.218. The first-order valence-corrected chi connectivity index (χ1v) is 6.33. The van der Waals surface area contributed by atoms with Crippen LogP contribution in [0.2, 0.25) is 0 Å². The summed E-state index contributed by atoms with van der Waals surface area (Å²) in [5, 5.41) is 21.8. The SMILES string of the molecule is CCC(O)(CC)CNc1ccc(C(F)(F)F)c(C#N)c1. The Labute approximate surface area is 116 Å². The van der Waals surface area contributed by atoms with Gasteiger partial charge in [-0.25, -0.2) is 0 Å². The number of hydrogen-bond acceptors (Lipinski definition) is 3. The van der Waals surface area contributed by atoms with Gasteiger partial charge in [0.15, 0.2) is 0 Å². The molecular formula is C14H17F3N2O. The minimum atomic E-state index is -4.54. The lowest BCUT2D eigenvalue weighted by molar-refractivity contribution is -0.137. The molecule has 0 radical (unpaired) electrons. The number of nitriles is 1. The molecule has 0 aliphatic carbocycles. The van der Waals surface area contributed by atoms with Gasteiger partial charge < -0.3 is 10.4 Å². The zero-order chi connectivity index (χ0) is 15.4. The smallest absolute Gasteiger partial charge is 0.388 e. The summed E-state index contributed by atoms with van der Waals surface area (Å²) in [7, 11) is 0. The van der Waals surface area contributed by atoms with Gasteiger partial charge in [0.05, 0.1) is 22.8 Å². The van der Waals surface area contributed by atoms with Crippen molar-refractivity contribution in [2.75, 3.05) is 11.9 Å². The van der Waals surface area contributed by atoms with Gasteiger partial charge in [0.1, 0.15) is 0 Å². The lowest BCUT2D eigenvalue weighted by Crippen LogP contribution is -2.35. The van der Waals surface area contributed by atoms with Gasteiger partial charge in [-0.1, -0.05) is 13.8 Å². The predicted octanol–water partition coefficient (Wildman–Crippen LogP) is 3.54. The zero-order valence-corrected chi connectivity index (χ0v) is 11.4. The second-order valence-corrected chi connectivity index (χ2v) is 4.65. The molecule has 0 aromatic heterocycles. The molecule has 0 aliphatic heterocycles. The predicted molar refractivity (Wildman–Crippen MR) is 70.2 cm³/mol. The van der Waals surface area contributed by atoms with Crippen LogP contribution in [-0.2, 0) is 6.18 Å². The quantitative estimate of drug-likeness (QED) is 0.870. The average molecular weight is 286 g/mol. The summed E-state index contributed by atoms with van der Waals surface area (Å²) in [6, 6.07) is 4.82. The third-order valence-corrected chi connectivity index (χ3v) is 3.38. The molecule has 0 fully saturated rings. The van der Waals surface area contributed by atoms with Crippen molar-refractivity contribution in [2.24, 2.45) is 0 Å². The summed E-state index contributed by atoms with van der Waals surface area (Å²) in [4.78, 5) is 0. The normalized spacial score (nSPS) is 12.1. The fourth-order valence-electron chi connectivity index (χ4n) is 1.76.